The second-order valence-electron chi connectivity index (χ2n) is 6.03. The number of nitrogens with one attached hydrogen (secondary N) is 1. The van der Waals surface area contributed by atoms with Gasteiger partial charge in [-0.15, -0.1) is 11.3 Å². The Morgan fingerprint density at radius 2 is 1.74 bits per heavy atom. The number of hydrogen-bond donors (Lipinski definition) is 1. The zero-order valence-corrected chi connectivity index (χ0v) is 13.4. The molecular formula is C17H29NS. The van der Waals surface area contributed by atoms with E-state index in [4.69, 9.17) is 0 Å². The van der Waals surface area contributed by atoms with Crippen molar-refractivity contribution >= 4 is 11.3 Å². The van der Waals surface area contributed by atoms with Crippen molar-refractivity contribution < 1.29 is 0 Å². The topological polar surface area (TPSA) is 12.0 Å². The van der Waals surface area contributed by atoms with E-state index in [1.807, 2.05) is 11.3 Å². The van der Waals surface area contributed by atoms with Crippen LogP contribution in [0.3, 0.4) is 0 Å². The van der Waals surface area contributed by atoms with E-state index in [0.29, 0.717) is 0 Å². The Labute approximate surface area is 122 Å². The second kappa shape index (κ2) is 8.06. The largest absolute Gasteiger partial charge is 0.312 e. The first-order valence-corrected chi connectivity index (χ1v) is 8.91. The Morgan fingerprint density at radius 1 is 1.05 bits per heavy atom. The Bertz CT molecular complexity index is 350. The van der Waals surface area contributed by atoms with Crippen LogP contribution in [0.1, 0.15) is 62.1 Å². The first-order chi connectivity index (χ1) is 9.31. The maximum atomic E-state index is 3.67. The highest BCUT2D eigenvalue weighted by molar-refractivity contribution is 7.11. The zero-order chi connectivity index (χ0) is 13.5. The third-order valence-electron chi connectivity index (χ3n) is 4.46. The molecule has 0 radical (unpaired) electrons. The molecule has 1 N–H and O–H groups in total. The minimum atomic E-state index is 0.929. The van der Waals surface area contributed by atoms with Gasteiger partial charge in [0.1, 0.15) is 0 Å². The lowest BCUT2D eigenvalue weighted by Gasteiger charge is -2.28. The first-order valence-electron chi connectivity index (χ1n) is 8.10. The molecule has 2 heteroatoms. The van der Waals surface area contributed by atoms with Crippen LogP contribution in [0, 0.1) is 11.8 Å². The summed E-state index contributed by atoms with van der Waals surface area (Å²) in [7, 11) is 0. The number of rotatable bonds is 7. The predicted octanol–water partition coefficient (Wildman–Crippen LogP) is 5.01. The van der Waals surface area contributed by atoms with E-state index in [1.54, 1.807) is 0 Å². The van der Waals surface area contributed by atoms with Crippen molar-refractivity contribution in [2.45, 2.75) is 65.3 Å². The van der Waals surface area contributed by atoms with Crippen LogP contribution in [0.15, 0.2) is 12.1 Å². The standard InChI is InChI=1S/C17H29NS/c1-3-5-14-6-8-15(9-7-14)12-18-13-17-11-10-16(4-2)19-17/h10-11,14-15,18H,3-9,12-13H2,1-2H3. The lowest BCUT2D eigenvalue weighted by Crippen LogP contribution is -2.26. The summed E-state index contributed by atoms with van der Waals surface area (Å²) in [4.78, 5) is 3.01. The average molecular weight is 279 g/mol. The highest BCUT2D eigenvalue weighted by Crippen LogP contribution is 2.31. The summed E-state index contributed by atoms with van der Waals surface area (Å²) in [6.07, 6.45) is 9.83. The van der Waals surface area contributed by atoms with E-state index in [2.05, 4.69) is 31.3 Å². The van der Waals surface area contributed by atoms with Gasteiger partial charge in [-0.05, 0) is 49.8 Å². The summed E-state index contributed by atoms with van der Waals surface area (Å²) in [6.45, 7) is 6.84. The molecule has 0 amide bonds. The summed E-state index contributed by atoms with van der Waals surface area (Å²) in [5.74, 6) is 1.96. The Hall–Kier alpha value is -0.340. The molecule has 0 saturated heterocycles. The van der Waals surface area contributed by atoms with E-state index in [0.717, 1.165) is 18.4 Å². The van der Waals surface area contributed by atoms with Gasteiger partial charge in [0, 0.05) is 16.3 Å². The molecule has 1 nitrogen and oxygen atoms in total. The molecule has 1 heterocycles. The van der Waals surface area contributed by atoms with Gasteiger partial charge >= 0.3 is 0 Å². The van der Waals surface area contributed by atoms with Crippen LogP contribution in [0.5, 0.6) is 0 Å². The van der Waals surface area contributed by atoms with Crippen LogP contribution in [-0.2, 0) is 13.0 Å². The molecular weight excluding hydrogens is 250 g/mol. The first kappa shape index (κ1) is 15.1. The van der Waals surface area contributed by atoms with E-state index in [-0.39, 0.29) is 0 Å². The second-order valence-corrected chi connectivity index (χ2v) is 7.28. The highest BCUT2D eigenvalue weighted by Gasteiger charge is 2.20. The molecule has 1 saturated carbocycles. The molecule has 0 aromatic carbocycles. The molecule has 0 aliphatic heterocycles. The maximum absolute atomic E-state index is 3.67. The smallest absolute Gasteiger partial charge is 0.0299 e. The molecule has 2 rings (SSSR count). The molecule has 0 unspecified atom stereocenters. The molecule has 0 bridgehead atoms. The van der Waals surface area contributed by atoms with Crippen molar-refractivity contribution in [2.24, 2.45) is 11.8 Å². The number of thiophene rings is 1. The molecule has 0 spiro atoms. The highest BCUT2D eigenvalue weighted by atomic mass is 32.1. The predicted molar refractivity (Wildman–Crippen MR) is 85.8 cm³/mol. The zero-order valence-electron chi connectivity index (χ0n) is 12.6. The molecule has 1 fully saturated rings. The Kier molecular flexibility index (Phi) is 6.39. The van der Waals surface area contributed by atoms with Crippen molar-refractivity contribution in [3.05, 3.63) is 21.9 Å². The molecule has 1 aromatic heterocycles. The molecule has 0 atom stereocenters. The van der Waals surface area contributed by atoms with Gasteiger partial charge in [-0.1, -0.05) is 39.5 Å². The van der Waals surface area contributed by atoms with Crippen molar-refractivity contribution in [1.29, 1.82) is 0 Å². The lowest BCUT2D eigenvalue weighted by molar-refractivity contribution is 0.256. The normalized spacial score (nSPS) is 23.7. The van der Waals surface area contributed by atoms with Crippen molar-refractivity contribution in [3.8, 4) is 0 Å². The van der Waals surface area contributed by atoms with E-state index in [9.17, 15) is 0 Å². The van der Waals surface area contributed by atoms with Crippen molar-refractivity contribution in [1.82, 2.24) is 5.32 Å². The third kappa shape index (κ3) is 4.92. The van der Waals surface area contributed by atoms with Gasteiger partial charge in [-0.2, -0.15) is 0 Å². The van der Waals surface area contributed by atoms with E-state index < -0.39 is 0 Å². The van der Waals surface area contributed by atoms with Crippen LogP contribution < -0.4 is 5.32 Å². The Balaban J connectivity index is 1.61. The summed E-state index contributed by atoms with van der Waals surface area (Å²) in [5.41, 5.74) is 0. The van der Waals surface area contributed by atoms with Crippen LogP contribution in [0.4, 0.5) is 0 Å². The minimum Gasteiger partial charge on any atom is -0.312 e. The summed E-state index contributed by atoms with van der Waals surface area (Å²) < 4.78 is 0. The summed E-state index contributed by atoms with van der Waals surface area (Å²) >= 11 is 1.96. The number of aryl methyl sites for hydroxylation is 1. The van der Waals surface area contributed by atoms with Gasteiger partial charge in [0.2, 0.25) is 0 Å². The van der Waals surface area contributed by atoms with Crippen LogP contribution in [0.2, 0.25) is 0 Å². The van der Waals surface area contributed by atoms with Gasteiger partial charge in [0.25, 0.3) is 0 Å². The summed E-state index contributed by atoms with van der Waals surface area (Å²) in [5, 5.41) is 3.67. The van der Waals surface area contributed by atoms with Gasteiger partial charge in [-0.3, -0.25) is 0 Å². The van der Waals surface area contributed by atoms with Crippen molar-refractivity contribution in [3.63, 3.8) is 0 Å². The van der Waals surface area contributed by atoms with E-state index in [1.165, 1.54) is 61.2 Å². The summed E-state index contributed by atoms with van der Waals surface area (Å²) in [6, 6.07) is 4.56. The molecule has 108 valence electrons. The van der Waals surface area contributed by atoms with Gasteiger partial charge in [0.15, 0.2) is 0 Å². The Morgan fingerprint density at radius 3 is 2.37 bits per heavy atom. The van der Waals surface area contributed by atoms with Gasteiger partial charge < -0.3 is 5.32 Å². The fourth-order valence-electron chi connectivity index (χ4n) is 3.24. The van der Waals surface area contributed by atoms with E-state index >= 15 is 0 Å². The fraction of sp³-hybridized carbons (Fsp3) is 0.765. The van der Waals surface area contributed by atoms with Gasteiger partial charge in [0.05, 0.1) is 0 Å². The average Bonchev–Trinajstić information content (AvgIpc) is 2.89. The molecule has 1 aromatic rings. The fourth-order valence-corrected chi connectivity index (χ4v) is 4.17. The van der Waals surface area contributed by atoms with Crippen LogP contribution in [-0.4, -0.2) is 6.54 Å². The number of hydrogen-bond acceptors (Lipinski definition) is 2. The quantitative estimate of drug-likeness (QED) is 0.740. The minimum absolute atomic E-state index is 0.929. The lowest BCUT2D eigenvalue weighted by atomic mass is 9.80. The van der Waals surface area contributed by atoms with Crippen LogP contribution >= 0.6 is 11.3 Å². The van der Waals surface area contributed by atoms with Crippen molar-refractivity contribution in [2.75, 3.05) is 6.54 Å². The molecule has 1 aliphatic carbocycles. The third-order valence-corrected chi connectivity index (χ3v) is 5.69. The van der Waals surface area contributed by atoms with Gasteiger partial charge in [-0.25, -0.2) is 0 Å². The maximum Gasteiger partial charge on any atom is 0.0299 e. The monoisotopic (exact) mass is 279 g/mol. The molecule has 1 aliphatic rings. The van der Waals surface area contributed by atoms with Crippen LogP contribution in [0.25, 0.3) is 0 Å². The SMILES string of the molecule is CCCC1CCC(CNCc2ccc(CC)s2)CC1. The molecule has 19 heavy (non-hydrogen) atoms.